The molecule has 1 aliphatic heterocycles. The number of rotatable bonds is 2. The Kier molecular flexibility index (Phi) is 3.11. The van der Waals surface area contributed by atoms with Crippen LogP contribution in [-0.2, 0) is 4.74 Å². The van der Waals surface area contributed by atoms with Crippen LogP contribution >= 0.6 is 12.2 Å². The summed E-state index contributed by atoms with van der Waals surface area (Å²) in [5, 5.41) is 9.19. The number of aliphatic hydroxyl groups is 1. The monoisotopic (exact) mass is 267 g/mol. The standard InChI is InChI=1S/C11H14N4O2S/c16-4-7-2-1-3-8(17-7)15-6-14-9-10(15)12-5-13-11(9)18/h5-8,16H,1-4H2,(H,12,13,18)/p+1/t7-,8+/m0/s1. The molecule has 1 aliphatic rings. The van der Waals surface area contributed by atoms with Gasteiger partial charge in [-0.3, -0.25) is 9.97 Å². The highest BCUT2D eigenvalue weighted by Gasteiger charge is 2.27. The lowest BCUT2D eigenvalue weighted by molar-refractivity contribution is -0.747. The number of aromatic nitrogens is 4. The Balaban J connectivity index is 1.99. The zero-order valence-corrected chi connectivity index (χ0v) is 10.6. The number of imidazole rings is 1. The largest absolute Gasteiger partial charge is 0.394 e. The van der Waals surface area contributed by atoms with E-state index in [1.165, 1.54) is 0 Å². The van der Waals surface area contributed by atoms with Gasteiger partial charge in [-0.25, -0.2) is 9.55 Å². The smallest absolute Gasteiger partial charge is 0.271 e. The van der Waals surface area contributed by atoms with Crippen LogP contribution in [0.3, 0.4) is 0 Å². The maximum Gasteiger partial charge on any atom is 0.271 e. The molecule has 0 saturated carbocycles. The van der Waals surface area contributed by atoms with E-state index in [1.807, 2.05) is 10.9 Å². The molecular weight excluding hydrogens is 252 g/mol. The van der Waals surface area contributed by atoms with Gasteiger partial charge in [-0.2, -0.15) is 0 Å². The van der Waals surface area contributed by atoms with E-state index in [1.54, 1.807) is 6.33 Å². The molecule has 2 aromatic rings. The Morgan fingerprint density at radius 1 is 1.50 bits per heavy atom. The molecule has 1 fully saturated rings. The van der Waals surface area contributed by atoms with Crippen molar-refractivity contribution in [2.45, 2.75) is 31.6 Å². The summed E-state index contributed by atoms with van der Waals surface area (Å²) in [5.41, 5.74) is 1.68. The zero-order valence-electron chi connectivity index (χ0n) is 9.80. The summed E-state index contributed by atoms with van der Waals surface area (Å²) in [4.78, 5) is 10.2. The number of hydrogen-bond acceptors (Lipinski definition) is 4. The minimum atomic E-state index is -0.0778. The van der Waals surface area contributed by atoms with Crippen molar-refractivity contribution in [3.05, 3.63) is 17.3 Å². The number of nitrogens with one attached hydrogen (secondary N) is 2. The Morgan fingerprint density at radius 2 is 2.39 bits per heavy atom. The highest BCUT2D eigenvalue weighted by molar-refractivity contribution is 7.71. The maximum absolute atomic E-state index is 9.19. The third kappa shape index (κ3) is 1.94. The fourth-order valence-electron chi connectivity index (χ4n) is 2.37. The molecule has 3 N–H and O–H groups in total. The van der Waals surface area contributed by atoms with Crippen molar-refractivity contribution in [2.75, 3.05) is 6.61 Å². The van der Waals surface area contributed by atoms with Gasteiger partial charge in [0.2, 0.25) is 5.52 Å². The summed E-state index contributed by atoms with van der Waals surface area (Å²) in [6, 6.07) is 0. The lowest BCUT2D eigenvalue weighted by Crippen LogP contribution is -2.44. The molecule has 6 nitrogen and oxygen atoms in total. The van der Waals surface area contributed by atoms with E-state index >= 15 is 0 Å². The van der Waals surface area contributed by atoms with Crippen LogP contribution in [0.1, 0.15) is 25.5 Å². The third-order valence-corrected chi connectivity index (χ3v) is 3.59. The molecule has 0 bridgehead atoms. The molecule has 7 heteroatoms. The molecule has 2 atom stereocenters. The first-order valence-electron chi connectivity index (χ1n) is 6.02. The number of hydrogen-bond donors (Lipinski definition) is 3. The topological polar surface area (TPSA) is 77.8 Å². The van der Waals surface area contributed by atoms with Crippen LogP contribution in [0.15, 0.2) is 12.7 Å². The summed E-state index contributed by atoms with van der Waals surface area (Å²) >= 11 is 5.16. The Hall–Kier alpha value is -1.31. The van der Waals surface area contributed by atoms with Gasteiger partial charge in [-0.1, -0.05) is 12.2 Å². The predicted octanol–water partition coefficient (Wildman–Crippen LogP) is 0.968. The molecule has 0 amide bonds. The van der Waals surface area contributed by atoms with Gasteiger partial charge in [0.25, 0.3) is 5.65 Å². The normalized spacial score (nSPS) is 24.5. The molecule has 3 heterocycles. The zero-order chi connectivity index (χ0) is 12.5. The van der Waals surface area contributed by atoms with E-state index in [-0.39, 0.29) is 18.9 Å². The molecule has 1 saturated heterocycles. The summed E-state index contributed by atoms with van der Waals surface area (Å²) in [7, 11) is 0. The number of aliphatic hydroxyl groups excluding tert-OH is 1. The van der Waals surface area contributed by atoms with Crippen molar-refractivity contribution in [3.63, 3.8) is 0 Å². The fourth-order valence-corrected chi connectivity index (χ4v) is 2.58. The number of fused-ring (bicyclic) bond motifs is 1. The maximum atomic E-state index is 9.19. The quantitative estimate of drug-likeness (QED) is 0.559. The number of aromatic amines is 2. The van der Waals surface area contributed by atoms with Gasteiger partial charge in [0.05, 0.1) is 12.7 Å². The number of H-pyrrole nitrogens is 2. The first-order chi connectivity index (χ1) is 8.79. The van der Waals surface area contributed by atoms with E-state index in [4.69, 9.17) is 17.0 Å². The number of ether oxygens (including phenoxy) is 1. The van der Waals surface area contributed by atoms with Crippen molar-refractivity contribution in [3.8, 4) is 0 Å². The van der Waals surface area contributed by atoms with E-state index < -0.39 is 0 Å². The van der Waals surface area contributed by atoms with E-state index in [0.29, 0.717) is 4.64 Å². The molecule has 0 unspecified atom stereocenters. The fraction of sp³-hybridized carbons (Fsp3) is 0.545. The second-order valence-electron chi connectivity index (χ2n) is 4.44. The average molecular weight is 267 g/mol. The van der Waals surface area contributed by atoms with Gasteiger partial charge in [0, 0.05) is 6.42 Å². The van der Waals surface area contributed by atoms with Crippen LogP contribution in [0.5, 0.6) is 0 Å². The van der Waals surface area contributed by atoms with Gasteiger partial charge in [-0.05, 0) is 12.8 Å². The Bertz CT molecular complexity index is 608. The van der Waals surface area contributed by atoms with Gasteiger partial charge in [0.15, 0.2) is 23.5 Å². The summed E-state index contributed by atoms with van der Waals surface area (Å²) in [6.45, 7) is 0.0664. The molecule has 0 aromatic carbocycles. The van der Waals surface area contributed by atoms with E-state index in [2.05, 4.69) is 15.0 Å². The summed E-state index contributed by atoms with van der Waals surface area (Å²) in [6.07, 6.45) is 6.15. The van der Waals surface area contributed by atoms with Crippen LogP contribution < -0.4 is 4.57 Å². The highest BCUT2D eigenvalue weighted by atomic mass is 32.1. The van der Waals surface area contributed by atoms with Crippen LogP contribution in [0.2, 0.25) is 0 Å². The second-order valence-corrected chi connectivity index (χ2v) is 4.82. The van der Waals surface area contributed by atoms with E-state index in [0.717, 1.165) is 30.4 Å². The molecule has 0 radical (unpaired) electrons. The Morgan fingerprint density at radius 3 is 3.22 bits per heavy atom. The van der Waals surface area contributed by atoms with Crippen LogP contribution in [0, 0.1) is 4.64 Å². The lowest BCUT2D eigenvalue weighted by atomic mass is 10.1. The third-order valence-electron chi connectivity index (χ3n) is 3.28. The minimum Gasteiger partial charge on any atom is -0.394 e. The van der Waals surface area contributed by atoms with Crippen molar-refractivity contribution in [1.29, 1.82) is 0 Å². The average Bonchev–Trinajstić information content (AvgIpc) is 2.84. The second kappa shape index (κ2) is 4.75. The molecule has 2 aromatic heterocycles. The van der Waals surface area contributed by atoms with Crippen LogP contribution in [-0.4, -0.2) is 32.8 Å². The predicted molar refractivity (Wildman–Crippen MR) is 66.3 cm³/mol. The molecule has 0 aliphatic carbocycles. The summed E-state index contributed by atoms with van der Waals surface area (Å²) in [5.74, 6) is 0. The van der Waals surface area contributed by atoms with Crippen LogP contribution in [0.4, 0.5) is 0 Å². The summed E-state index contributed by atoms with van der Waals surface area (Å²) < 4.78 is 8.37. The minimum absolute atomic E-state index is 0.0664. The van der Waals surface area contributed by atoms with Crippen molar-refractivity contribution in [2.24, 2.45) is 0 Å². The van der Waals surface area contributed by atoms with Gasteiger partial charge >= 0.3 is 0 Å². The Labute approximate surface area is 109 Å². The first-order valence-corrected chi connectivity index (χ1v) is 6.42. The lowest BCUT2D eigenvalue weighted by Gasteiger charge is -2.27. The van der Waals surface area contributed by atoms with Crippen molar-refractivity contribution in [1.82, 2.24) is 15.0 Å². The number of nitrogens with zero attached hydrogens (tertiary/aromatic N) is 2. The van der Waals surface area contributed by atoms with E-state index in [9.17, 15) is 5.11 Å². The van der Waals surface area contributed by atoms with Gasteiger partial charge in [-0.15, -0.1) is 0 Å². The molecule has 3 rings (SSSR count). The van der Waals surface area contributed by atoms with Crippen molar-refractivity contribution >= 4 is 23.4 Å². The molecular formula is C11H15N4O2S+. The highest BCUT2D eigenvalue weighted by Crippen LogP contribution is 2.23. The van der Waals surface area contributed by atoms with Crippen molar-refractivity contribution < 1.29 is 14.4 Å². The molecule has 18 heavy (non-hydrogen) atoms. The van der Waals surface area contributed by atoms with Gasteiger partial charge in [0.1, 0.15) is 0 Å². The first kappa shape index (κ1) is 11.8. The van der Waals surface area contributed by atoms with Gasteiger partial charge < -0.3 is 9.84 Å². The molecule has 96 valence electrons. The SMILES string of the molecule is OC[C@@H]1CCC[C@H]([n+]2c[nH]c3c(=S)nc[nH]c32)O1. The van der Waals surface area contributed by atoms with Crippen LogP contribution in [0.25, 0.3) is 11.2 Å². The molecule has 0 spiro atoms.